The van der Waals surface area contributed by atoms with Gasteiger partial charge in [-0.1, -0.05) is 36.4 Å². The number of rotatable bonds is 12. The number of ether oxygens (including phenoxy) is 2. The number of hydrogen-bond donors (Lipinski definition) is 1. The highest BCUT2D eigenvalue weighted by Gasteiger charge is 2.48. The van der Waals surface area contributed by atoms with E-state index in [0.717, 1.165) is 62.7 Å². The molecule has 1 N–H and O–H groups in total. The number of nitrogens with zero attached hydrogens (tertiary/aromatic N) is 2. The highest BCUT2D eigenvalue weighted by molar-refractivity contribution is 5.33. The van der Waals surface area contributed by atoms with Gasteiger partial charge in [0.2, 0.25) is 0 Å². The molecular weight excluding hydrogens is 599 g/mol. The third kappa shape index (κ3) is 9.52. The highest BCUT2D eigenvalue weighted by Crippen LogP contribution is 2.45. The fourth-order valence-electron chi connectivity index (χ4n) is 8.35. The Kier molecular flexibility index (Phi) is 11.7. The zero-order valence-corrected chi connectivity index (χ0v) is 29.4. The van der Waals surface area contributed by atoms with E-state index in [0.29, 0.717) is 25.6 Å². The van der Waals surface area contributed by atoms with E-state index in [9.17, 15) is 13.2 Å². The second-order valence-electron chi connectivity index (χ2n) is 15.9. The molecule has 5 rings (SSSR count). The van der Waals surface area contributed by atoms with Gasteiger partial charge in [-0.25, -0.2) is 0 Å². The Labute approximate surface area is 281 Å². The summed E-state index contributed by atoms with van der Waals surface area (Å²) in [5.74, 6) is 2.16. The molecule has 2 aromatic rings. The van der Waals surface area contributed by atoms with Gasteiger partial charge < -0.3 is 19.7 Å². The number of alkyl halides is 3. The minimum Gasteiger partial charge on any atom is -0.497 e. The van der Waals surface area contributed by atoms with Gasteiger partial charge in [0.1, 0.15) is 5.75 Å². The van der Waals surface area contributed by atoms with Crippen molar-refractivity contribution in [3.8, 4) is 5.75 Å². The maximum absolute atomic E-state index is 14.2. The summed E-state index contributed by atoms with van der Waals surface area (Å²) in [6, 6.07) is 17.0. The summed E-state index contributed by atoms with van der Waals surface area (Å²) in [6.07, 6.45) is 3.11. The molecule has 0 aromatic heterocycles. The van der Waals surface area contributed by atoms with Crippen LogP contribution >= 0.6 is 0 Å². The Hall–Kier alpha value is -2.13. The van der Waals surface area contributed by atoms with Crippen LogP contribution in [-0.4, -0.2) is 81.1 Å². The number of halogens is 3. The maximum Gasteiger partial charge on any atom is 0.395 e. The van der Waals surface area contributed by atoms with Crippen LogP contribution in [0.5, 0.6) is 5.75 Å². The molecule has 2 saturated heterocycles. The van der Waals surface area contributed by atoms with Crippen LogP contribution in [0, 0.1) is 11.3 Å². The Bertz CT molecular complexity index is 1250. The van der Waals surface area contributed by atoms with E-state index in [1.165, 1.54) is 57.2 Å². The quantitative estimate of drug-likeness (QED) is 0.249. The lowest BCUT2D eigenvalue weighted by atomic mass is 9.67. The molecule has 8 heteroatoms. The first kappa shape index (κ1) is 36.2. The molecule has 5 nitrogen and oxygen atoms in total. The third-order valence-corrected chi connectivity index (χ3v) is 11.3. The standard InChI is InChI=1S/C39H58F3N3O2/c1-36(2,39(40,41)42)29-45(22-18-38(19-25-47-37(3,4)28-38)34-14-16-35(46-5)17-15-34)27-31-8-12-33(13-9-31)32-10-6-30(7-11-32)26-44-23-20-43-21-24-44/h8-9,12-17,30,32,43H,6-7,10-11,18-29H2,1-5H3/t30?,32?,38-/m1/s1. The van der Waals surface area contributed by atoms with Gasteiger partial charge in [0.15, 0.2) is 0 Å². The van der Waals surface area contributed by atoms with Crippen molar-refractivity contribution in [1.29, 1.82) is 0 Å². The highest BCUT2D eigenvalue weighted by atomic mass is 19.4. The van der Waals surface area contributed by atoms with Crippen molar-refractivity contribution in [2.45, 2.75) is 102 Å². The van der Waals surface area contributed by atoms with Crippen LogP contribution in [0.2, 0.25) is 0 Å². The van der Waals surface area contributed by atoms with Crippen molar-refractivity contribution in [3.63, 3.8) is 0 Å². The Morgan fingerprint density at radius 3 is 2.21 bits per heavy atom. The number of nitrogens with one attached hydrogen (secondary N) is 1. The minimum atomic E-state index is -4.28. The van der Waals surface area contributed by atoms with Crippen LogP contribution in [-0.2, 0) is 16.7 Å². The molecule has 0 bridgehead atoms. The first-order valence-corrected chi connectivity index (χ1v) is 17.9. The topological polar surface area (TPSA) is 37.0 Å². The van der Waals surface area contributed by atoms with Gasteiger partial charge in [0.05, 0.1) is 18.1 Å². The number of hydrogen-bond acceptors (Lipinski definition) is 5. The van der Waals surface area contributed by atoms with Crippen LogP contribution in [0.25, 0.3) is 0 Å². The van der Waals surface area contributed by atoms with Crippen molar-refractivity contribution in [3.05, 3.63) is 65.2 Å². The minimum absolute atomic E-state index is 0.0477. The summed E-state index contributed by atoms with van der Waals surface area (Å²) in [5.41, 5.74) is 1.33. The summed E-state index contributed by atoms with van der Waals surface area (Å²) in [5, 5.41) is 3.45. The van der Waals surface area contributed by atoms with E-state index in [1.54, 1.807) is 7.11 Å². The van der Waals surface area contributed by atoms with Crippen molar-refractivity contribution in [1.82, 2.24) is 15.1 Å². The normalized spacial score (nSPS) is 26.0. The molecule has 0 amide bonds. The number of methoxy groups -OCH3 is 1. The first-order chi connectivity index (χ1) is 22.3. The van der Waals surface area contributed by atoms with Crippen LogP contribution in [0.1, 0.15) is 95.2 Å². The second-order valence-corrected chi connectivity index (χ2v) is 15.9. The summed E-state index contributed by atoms with van der Waals surface area (Å²) >= 11 is 0. The molecule has 1 aliphatic carbocycles. The molecule has 3 aliphatic rings. The lowest BCUT2D eigenvalue weighted by Gasteiger charge is -2.46. The monoisotopic (exact) mass is 657 g/mol. The third-order valence-electron chi connectivity index (χ3n) is 11.3. The lowest BCUT2D eigenvalue weighted by molar-refractivity contribution is -0.217. The largest absolute Gasteiger partial charge is 0.497 e. The van der Waals surface area contributed by atoms with Gasteiger partial charge >= 0.3 is 6.18 Å². The molecule has 1 atom stereocenters. The molecule has 0 radical (unpaired) electrons. The zero-order valence-electron chi connectivity index (χ0n) is 29.4. The SMILES string of the molecule is COc1ccc([C@]2(CCN(Cc3ccc(C4CCC(CN5CCNCC5)CC4)cc3)CC(C)(C)C(F)(F)F)CCOC(C)(C)C2)cc1. The molecule has 262 valence electrons. The molecule has 1 saturated carbocycles. The van der Waals surface area contributed by atoms with Crippen molar-refractivity contribution >= 4 is 0 Å². The van der Waals surface area contributed by atoms with E-state index in [2.05, 4.69) is 60.5 Å². The summed E-state index contributed by atoms with van der Waals surface area (Å²) in [4.78, 5) is 4.65. The molecule has 2 aliphatic heterocycles. The molecule has 2 heterocycles. The van der Waals surface area contributed by atoms with E-state index in [-0.39, 0.29) is 17.6 Å². The zero-order chi connectivity index (χ0) is 33.7. The van der Waals surface area contributed by atoms with Gasteiger partial charge in [0, 0.05) is 57.8 Å². The Morgan fingerprint density at radius 2 is 1.62 bits per heavy atom. The maximum atomic E-state index is 14.2. The molecule has 2 aromatic carbocycles. The van der Waals surface area contributed by atoms with Crippen LogP contribution in [0.4, 0.5) is 13.2 Å². The van der Waals surface area contributed by atoms with Crippen molar-refractivity contribution in [2.75, 3.05) is 59.5 Å². The van der Waals surface area contributed by atoms with Crippen LogP contribution in [0.3, 0.4) is 0 Å². The molecule has 47 heavy (non-hydrogen) atoms. The second kappa shape index (κ2) is 15.2. The van der Waals surface area contributed by atoms with Gasteiger partial charge in [-0.05, 0) is 120 Å². The summed E-state index contributed by atoms with van der Waals surface area (Å²) < 4.78 is 54.1. The Balaban J connectivity index is 1.27. The van der Waals surface area contributed by atoms with E-state index < -0.39 is 11.6 Å². The summed E-state index contributed by atoms with van der Waals surface area (Å²) in [6.45, 7) is 14.3. The predicted molar refractivity (Wildman–Crippen MR) is 184 cm³/mol. The van der Waals surface area contributed by atoms with Gasteiger partial charge in [-0.15, -0.1) is 0 Å². The lowest BCUT2D eigenvalue weighted by Crippen LogP contribution is -2.47. The van der Waals surface area contributed by atoms with E-state index >= 15 is 0 Å². The Morgan fingerprint density at radius 1 is 0.957 bits per heavy atom. The summed E-state index contributed by atoms with van der Waals surface area (Å²) in [7, 11) is 1.66. The van der Waals surface area contributed by atoms with Crippen LogP contribution in [0.15, 0.2) is 48.5 Å². The van der Waals surface area contributed by atoms with Crippen LogP contribution < -0.4 is 10.1 Å². The number of benzene rings is 2. The van der Waals surface area contributed by atoms with Crippen molar-refractivity contribution in [2.24, 2.45) is 11.3 Å². The number of piperazine rings is 1. The smallest absolute Gasteiger partial charge is 0.395 e. The average Bonchev–Trinajstić information content (AvgIpc) is 3.04. The van der Waals surface area contributed by atoms with Gasteiger partial charge in [-0.2, -0.15) is 13.2 Å². The fraction of sp³-hybridized carbons (Fsp3) is 0.692. The molecule has 0 unspecified atom stereocenters. The first-order valence-electron chi connectivity index (χ1n) is 17.9. The van der Waals surface area contributed by atoms with Gasteiger partial charge in [-0.3, -0.25) is 4.90 Å². The average molecular weight is 658 g/mol. The molecule has 3 fully saturated rings. The van der Waals surface area contributed by atoms with E-state index in [4.69, 9.17) is 9.47 Å². The predicted octanol–water partition coefficient (Wildman–Crippen LogP) is 8.18. The van der Waals surface area contributed by atoms with Gasteiger partial charge in [0.25, 0.3) is 0 Å². The molecule has 0 spiro atoms. The van der Waals surface area contributed by atoms with Crippen molar-refractivity contribution < 1.29 is 22.6 Å². The van der Waals surface area contributed by atoms with E-state index in [1.807, 2.05) is 17.0 Å². The molecular formula is C39H58F3N3O2. The fourth-order valence-corrected chi connectivity index (χ4v) is 8.35.